The normalized spacial score (nSPS) is 25.2. The summed E-state index contributed by atoms with van der Waals surface area (Å²) in [7, 11) is 2.20. The smallest absolute Gasteiger partial charge is 0.113 e. The molecule has 0 radical (unpaired) electrons. The maximum absolute atomic E-state index is 4.87. The molecule has 3 rings (SSSR count). The van der Waals surface area contributed by atoms with Gasteiger partial charge in [-0.2, -0.15) is 0 Å². The number of hydrogen-bond acceptors (Lipinski definition) is 3. The van der Waals surface area contributed by atoms with Gasteiger partial charge in [-0.15, -0.1) is 0 Å². The van der Waals surface area contributed by atoms with Crippen molar-refractivity contribution in [1.29, 1.82) is 0 Å². The Balaban J connectivity index is 1.86. The second-order valence-corrected chi connectivity index (χ2v) is 5.23. The molecule has 0 bridgehead atoms. The molecule has 17 heavy (non-hydrogen) atoms. The number of hydrogen-bond donors (Lipinski definition) is 1. The van der Waals surface area contributed by atoms with Crippen LogP contribution in [0.15, 0.2) is 0 Å². The van der Waals surface area contributed by atoms with Crippen LogP contribution in [0.2, 0.25) is 0 Å². The standard InChI is InChI=1S/C13H22N4/c1-3-17-7-5-10(9-17)13-15-11-8-14-6-4-12(11)16(13)2/h10,14H,3-9H2,1-2H3. The minimum atomic E-state index is 0.644. The second kappa shape index (κ2) is 4.42. The van der Waals surface area contributed by atoms with Crippen LogP contribution < -0.4 is 5.32 Å². The van der Waals surface area contributed by atoms with Crippen molar-refractivity contribution in [2.24, 2.45) is 7.05 Å². The van der Waals surface area contributed by atoms with Crippen molar-refractivity contribution >= 4 is 0 Å². The minimum Gasteiger partial charge on any atom is -0.334 e. The molecule has 1 unspecified atom stereocenters. The molecule has 0 aromatic carbocycles. The summed E-state index contributed by atoms with van der Waals surface area (Å²) < 4.78 is 2.36. The largest absolute Gasteiger partial charge is 0.334 e. The minimum absolute atomic E-state index is 0.644. The van der Waals surface area contributed by atoms with Crippen molar-refractivity contribution in [2.45, 2.75) is 32.2 Å². The first-order chi connectivity index (χ1) is 8.29. The van der Waals surface area contributed by atoms with Gasteiger partial charge in [-0.1, -0.05) is 6.92 Å². The predicted octanol–water partition coefficient (Wildman–Crippen LogP) is 0.875. The van der Waals surface area contributed by atoms with E-state index in [4.69, 9.17) is 4.98 Å². The van der Waals surface area contributed by atoms with Crippen LogP contribution in [-0.4, -0.2) is 40.6 Å². The second-order valence-electron chi connectivity index (χ2n) is 5.23. The number of nitrogens with one attached hydrogen (secondary N) is 1. The summed E-state index contributed by atoms with van der Waals surface area (Å²) in [4.78, 5) is 7.40. The molecule has 1 N–H and O–H groups in total. The molecule has 4 nitrogen and oxygen atoms in total. The zero-order valence-corrected chi connectivity index (χ0v) is 10.9. The fourth-order valence-corrected chi connectivity index (χ4v) is 3.17. The zero-order valence-electron chi connectivity index (χ0n) is 10.9. The van der Waals surface area contributed by atoms with Crippen LogP contribution in [0.4, 0.5) is 0 Å². The van der Waals surface area contributed by atoms with E-state index in [0.717, 1.165) is 19.5 Å². The van der Waals surface area contributed by atoms with Gasteiger partial charge in [0, 0.05) is 44.7 Å². The Morgan fingerprint density at radius 3 is 3.06 bits per heavy atom. The lowest BCUT2D eigenvalue weighted by Gasteiger charge is -2.15. The van der Waals surface area contributed by atoms with Gasteiger partial charge in [-0.05, 0) is 19.5 Å². The van der Waals surface area contributed by atoms with Crippen molar-refractivity contribution in [1.82, 2.24) is 19.8 Å². The number of imidazole rings is 1. The van der Waals surface area contributed by atoms with Crippen LogP contribution in [0.1, 0.15) is 36.5 Å². The van der Waals surface area contributed by atoms with Gasteiger partial charge in [0.25, 0.3) is 0 Å². The monoisotopic (exact) mass is 234 g/mol. The molecule has 3 heterocycles. The molecule has 0 aliphatic carbocycles. The van der Waals surface area contributed by atoms with E-state index in [1.54, 1.807) is 0 Å². The molecule has 1 atom stereocenters. The fourth-order valence-electron chi connectivity index (χ4n) is 3.17. The van der Waals surface area contributed by atoms with Crippen molar-refractivity contribution < 1.29 is 0 Å². The molecule has 0 spiro atoms. The Kier molecular flexibility index (Phi) is 2.92. The Morgan fingerprint density at radius 2 is 2.35 bits per heavy atom. The molecule has 94 valence electrons. The molecule has 0 saturated carbocycles. The molecular weight excluding hydrogens is 212 g/mol. The highest BCUT2D eigenvalue weighted by molar-refractivity contribution is 5.22. The number of aromatic nitrogens is 2. The first kappa shape index (κ1) is 11.2. The zero-order chi connectivity index (χ0) is 11.8. The van der Waals surface area contributed by atoms with E-state index < -0.39 is 0 Å². The van der Waals surface area contributed by atoms with Crippen LogP contribution in [-0.2, 0) is 20.0 Å². The van der Waals surface area contributed by atoms with Crippen molar-refractivity contribution in [3.63, 3.8) is 0 Å². The highest BCUT2D eigenvalue weighted by Crippen LogP contribution is 2.28. The predicted molar refractivity (Wildman–Crippen MR) is 68.1 cm³/mol. The van der Waals surface area contributed by atoms with E-state index in [1.165, 1.54) is 43.3 Å². The molecule has 1 saturated heterocycles. The summed E-state index contributed by atoms with van der Waals surface area (Å²) in [6, 6.07) is 0. The van der Waals surface area contributed by atoms with Gasteiger partial charge in [0.15, 0.2) is 0 Å². The third-order valence-electron chi connectivity index (χ3n) is 4.25. The maximum Gasteiger partial charge on any atom is 0.113 e. The number of rotatable bonds is 2. The molecule has 1 aromatic heterocycles. The number of nitrogens with zero attached hydrogens (tertiary/aromatic N) is 3. The quantitative estimate of drug-likeness (QED) is 0.824. The van der Waals surface area contributed by atoms with Crippen LogP contribution >= 0.6 is 0 Å². The summed E-state index contributed by atoms with van der Waals surface area (Å²) in [6.45, 7) is 7.88. The molecule has 1 fully saturated rings. The molecule has 1 aromatic rings. The van der Waals surface area contributed by atoms with E-state index in [2.05, 4.69) is 28.8 Å². The number of likely N-dealkylation sites (tertiary alicyclic amines) is 1. The average molecular weight is 234 g/mol. The van der Waals surface area contributed by atoms with Crippen LogP contribution in [0, 0.1) is 0 Å². The summed E-state index contributed by atoms with van der Waals surface area (Å²) in [5, 5.41) is 3.41. The lowest BCUT2D eigenvalue weighted by Crippen LogP contribution is -2.24. The van der Waals surface area contributed by atoms with E-state index in [0.29, 0.717) is 5.92 Å². The first-order valence-corrected chi connectivity index (χ1v) is 6.77. The number of likely N-dealkylation sites (N-methyl/N-ethyl adjacent to an activating group) is 1. The number of fused-ring (bicyclic) bond motifs is 1. The molecule has 2 aliphatic heterocycles. The fraction of sp³-hybridized carbons (Fsp3) is 0.769. The summed E-state index contributed by atoms with van der Waals surface area (Å²) in [5.74, 6) is 1.96. The van der Waals surface area contributed by atoms with E-state index >= 15 is 0 Å². The van der Waals surface area contributed by atoms with Crippen molar-refractivity contribution in [2.75, 3.05) is 26.2 Å². The molecule has 4 heteroatoms. The lowest BCUT2D eigenvalue weighted by atomic mass is 10.1. The highest BCUT2D eigenvalue weighted by Gasteiger charge is 2.28. The van der Waals surface area contributed by atoms with Crippen molar-refractivity contribution in [3.8, 4) is 0 Å². The summed E-state index contributed by atoms with van der Waals surface area (Å²) in [6.07, 6.45) is 2.40. The van der Waals surface area contributed by atoms with E-state index in [-0.39, 0.29) is 0 Å². The van der Waals surface area contributed by atoms with Gasteiger partial charge in [0.2, 0.25) is 0 Å². The van der Waals surface area contributed by atoms with Gasteiger partial charge >= 0.3 is 0 Å². The Hall–Kier alpha value is -0.870. The van der Waals surface area contributed by atoms with Crippen LogP contribution in [0.25, 0.3) is 0 Å². The van der Waals surface area contributed by atoms with Gasteiger partial charge in [0.05, 0.1) is 5.69 Å². The first-order valence-electron chi connectivity index (χ1n) is 6.77. The highest BCUT2D eigenvalue weighted by atomic mass is 15.2. The lowest BCUT2D eigenvalue weighted by molar-refractivity contribution is 0.352. The Labute approximate surface area is 103 Å². The van der Waals surface area contributed by atoms with Crippen LogP contribution in [0.3, 0.4) is 0 Å². The van der Waals surface area contributed by atoms with E-state index in [9.17, 15) is 0 Å². The maximum atomic E-state index is 4.87. The topological polar surface area (TPSA) is 33.1 Å². The molecule has 0 amide bonds. The molecular formula is C13H22N4. The third kappa shape index (κ3) is 1.89. The Morgan fingerprint density at radius 1 is 1.47 bits per heavy atom. The summed E-state index contributed by atoms with van der Waals surface area (Å²) >= 11 is 0. The van der Waals surface area contributed by atoms with Gasteiger partial charge in [-0.25, -0.2) is 4.98 Å². The van der Waals surface area contributed by atoms with Crippen molar-refractivity contribution in [3.05, 3.63) is 17.2 Å². The van der Waals surface area contributed by atoms with Gasteiger partial charge in [0.1, 0.15) is 5.82 Å². The summed E-state index contributed by atoms with van der Waals surface area (Å²) in [5.41, 5.74) is 2.73. The third-order valence-corrected chi connectivity index (χ3v) is 4.25. The SMILES string of the molecule is CCN1CCC(c2nc3c(n2C)CCNC3)C1. The Bertz CT molecular complexity index is 410. The van der Waals surface area contributed by atoms with Gasteiger partial charge < -0.3 is 14.8 Å². The van der Waals surface area contributed by atoms with E-state index in [1.807, 2.05) is 0 Å². The molecule has 2 aliphatic rings. The van der Waals surface area contributed by atoms with Crippen LogP contribution in [0.5, 0.6) is 0 Å². The average Bonchev–Trinajstić information content (AvgIpc) is 2.95. The van der Waals surface area contributed by atoms with Gasteiger partial charge in [-0.3, -0.25) is 0 Å².